The second-order valence-corrected chi connectivity index (χ2v) is 6.86. The Morgan fingerprint density at radius 3 is 2.62 bits per heavy atom. The first-order valence-corrected chi connectivity index (χ1v) is 8.13. The van der Waals surface area contributed by atoms with E-state index < -0.39 is 10.0 Å². The molecule has 0 atom stereocenters. The van der Waals surface area contributed by atoms with E-state index in [0.29, 0.717) is 11.4 Å². The van der Waals surface area contributed by atoms with Crippen molar-refractivity contribution >= 4 is 33.2 Å². The Balaban J connectivity index is 2.29. The normalized spacial score (nSPS) is 11.8. The molecule has 1 aromatic carbocycles. The third kappa shape index (κ3) is 3.56. The van der Waals surface area contributed by atoms with E-state index in [2.05, 4.69) is 9.71 Å². The highest BCUT2D eigenvalue weighted by Crippen LogP contribution is 2.28. The highest BCUT2D eigenvalue weighted by Gasteiger charge is 2.20. The van der Waals surface area contributed by atoms with Gasteiger partial charge in [-0.15, -0.1) is 0 Å². The van der Waals surface area contributed by atoms with Crippen LogP contribution in [0.2, 0.25) is 10.0 Å². The Hall–Kier alpha value is -1.12. The molecule has 1 aromatic heterocycles. The fraction of sp³-hybridized carbons (Fsp3) is 0.250. The van der Waals surface area contributed by atoms with Crippen LogP contribution in [0.1, 0.15) is 11.4 Å². The van der Waals surface area contributed by atoms with Gasteiger partial charge in [0.25, 0.3) is 0 Å². The van der Waals surface area contributed by atoms with Crippen molar-refractivity contribution in [1.29, 1.82) is 0 Å². The molecule has 0 saturated heterocycles. The van der Waals surface area contributed by atoms with E-state index in [1.54, 1.807) is 24.0 Å². The molecule has 2 rings (SSSR count). The number of aromatic nitrogens is 2. The maximum absolute atomic E-state index is 12.3. The Morgan fingerprint density at radius 2 is 2.05 bits per heavy atom. The third-order valence-corrected chi connectivity index (χ3v) is 5.12. The van der Waals surface area contributed by atoms with E-state index in [9.17, 15) is 8.42 Å². The molecule has 6 nitrogen and oxygen atoms in total. The molecule has 0 saturated carbocycles. The Kier molecular flexibility index (Phi) is 4.90. The maximum atomic E-state index is 12.3. The van der Waals surface area contributed by atoms with E-state index in [1.165, 1.54) is 12.1 Å². The highest BCUT2D eigenvalue weighted by molar-refractivity contribution is 7.89. The van der Waals surface area contributed by atoms with Crippen molar-refractivity contribution < 1.29 is 13.5 Å². The van der Waals surface area contributed by atoms with Gasteiger partial charge in [-0.25, -0.2) is 18.1 Å². The number of hydrogen-bond donors (Lipinski definition) is 2. The first-order chi connectivity index (χ1) is 9.85. The van der Waals surface area contributed by atoms with E-state index in [-0.39, 0.29) is 28.1 Å². The summed E-state index contributed by atoms with van der Waals surface area (Å²) in [6, 6.07) is 2.55. The minimum atomic E-state index is -3.84. The lowest BCUT2D eigenvalue weighted by molar-refractivity contribution is 0.281. The zero-order chi connectivity index (χ0) is 15.6. The van der Waals surface area contributed by atoms with E-state index >= 15 is 0 Å². The summed E-state index contributed by atoms with van der Waals surface area (Å²) in [6.07, 6.45) is 3.28. The number of aliphatic hydroxyl groups is 1. The minimum Gasteiger partial charge on any atom is -0.392 e. The van der Waals surface area contributed by atoms with Crippen molar-refractivity contribution in [2.75, 3.05) is 0 Å². The molecular formula is C12H13Cl2N3O3S. The fourth-order valence-electron chi connectivity index (χ4n) is 1.70. The minimum absolute atomic E-state index is 0.00968. The van der Waals surface area contributed by atoms with Gasteiger partial charge in [-0.2, -0.15) is 0 Å². The summed E-state index contributed by atoms with van der Waals surface area (Å²) in [7, 11) is -2.08. The van der Waals surface area contributed by atoms with Crippen molar-refractivity contribution in [3.63, 3.8) is 0 Å². The number of hydrogen-bond acceptors (Lipinski definition) is 4. The molecule has 0 spiro atoms. The SMILES string of the molecule is Cn1ccnc1CNS(=O)(=O)c1cc(CO)c(Cl)cc1Cl. The average Bonchev–Trinajstić information content (AvgIpc) is 2.82. The molecule has 21 heavy (non-hydrogen) atoms. The predicted molar refractivity (Wildman–Crippen MR) is 79.6 cm³/mol. The smallest absolute Gasteiger partial charge is 0.242 e. The first kappa shape index (κ1) is 16.3. The molecule has 2 aromatic rings. The van der Waals surface area contributed by atoms with Gasteiger partial charge >= 0.3 is 0 Å². The second-order valence-electron chi connectivity index (χ2n) is 4.31. The van der Waals surface area contributed by atoms with E-state index in [4.69, 9.17) is 28.3 Å². The number of benzene rings is 1. The van der Waals surface area contributed by atoms with Gasteiger partial charge in [0.15, 0.2) is 0 Å². The van der Waals surface area contributed by atoms with Gasteiger partial charge in [0.05, 0.1) is 18.2 Å². The summed E-state index contributed by atoms with van der Waals surface area (Å²) in [5.41, 5.74) is 0.290. The molecule has 0 radical (unpaired) electrons. The zero-order valence-electron chi connectivity index (χ0n) is 11.0. The Bertz CT molecular complexity index is 759. The first-order valence-electron chi connectivity index (χ1n) is 5.90. The molecule has 114 valence electrons. The largest absolute Gasteiger partial charge is 0.392 e. The van der Waals surface area contributed by atoms with Crippen molar-refractivity contribution in [3.8, 4) is 0 Å². The lowest BCUT2D eigenvalue weighted by Gasteiger charge is -2.11. The van der Waals surface area contributed by atoms with Crippen molar-refractivity contribution in [2.45, 2.75) is 18.0 Å². The molecule has 0 aliphatic carbocycles. The number of aryl methyl sites for hydroxylation is 1. The second kappa shape index (κ2) is 6.33. The third-order valence-electron chi connectivity index (χ3n) is 2.90. The average molecular weight is 350 g/mol. The monoisotopic (exact) mass is 349 g/mol. The van der Waals surface area contributed by atoms with Crippen LogP contribution in [0.25, 0.3) is 0 Å². The van der Waals surface area contributed by atoms with Crippen LogP contribution in [0.5, 0.6) is 0 Å². The summed E-state index contributed by atoms with van der Waals surface area (Å²) >= 11 is 11.8. The van der Waals surface area contributed by atoms with Gasteiger partial charge in [0, 0.05) is 24.5 Å². The molecular weight excluding hydrogens is 337 g/mol. The number of aliphatic hydroxyl groups excluding tert-OH is 1. The molecule has 0 bridgehead atoms. The van der Waals surface area contributed by atoms with Gasteiger partial charge in [0.1, 0.15) is 10.7 Å². The number of nitrogens with zero attached hydrogens (tertiary/aromatic N) is 2. The quantitative estimate of drug-likeness (QED) is 0.860. The standard InChI is InChI=1S/C12H13Cl2N3O3S/c1-17-3-2-15-12(17)6-16-21(19,20)11-4-8(7-18)9(13)5-10(11)14/h2-5,16,18H,6-7H2,1H3. The van der Waals surface area contributed by atoms with Gasteiger partial charge in [0.2, 0.25) is 10.0 Å². The Morgan fingerprint density at radius 1 is 1.33 bits per heavy atom. The van der Waals surface area contributed by atoms with Crippen LogP contribution in [-0.2, 0) is 30.2 Å². The summed E-state index contributed by atoms with van der Waals surface area (Å²) in [4.78, 5) is 3.89. The van der Waals surface area contributed by atoms with Crippen LogP contribution in [0.15, 0.2) is 29.4 Å². The molecule has 0 unspecified atom stereocenters. The molecule has 0 aliphatic heterocycles. The molecule has 0 amide bonds. The highest BCUT2D eigenvalue weighted by atomic mass is 35.5. The van der Waals surface area contributed by atoms with Crippen LogP contribution >= 0.6 is 23.2 Å². The Labute approximate surface area is 132 Å². The van der Waals surface area contributed by atoms with Crippen LogP contribution in [0, 0.1) is 0 Å². The summed E-state index contributed by atoms with van der Waals surface area (Å²) < 4.78 is 28.7. The molecule has 0 aliphatic rings. The number of nitrogens with one attached hydrogen (secondary N) is 1. The van der Waals surface area contributed by atoms with E-state index in [0.717, 1.165) is 0 Å². The zero-order valence-corrected chi connectivity index (χ0v) is 13.4. The van der Waals surface area contributed by atoms with Crippen LogP contribution < -0.4 is 4.72 Å². The van der Waals surface area contributed by atoms with Gasteiger partial charge in [-0.3, -0.25) is 0 Å². The van der Waals surface area contributed by atoms with Crippen molar-refractivity contribution in [2.24, 2.45) is 7.05 Å². The molecule has 1 heterocycles. The number of imidazole rings is 1. The number of halogens is 2. The van der Waals surface area contributed by atoms with Crippen molar-refractivity contribution in [1.82, 2.24) is 14.3 Å². The van der Waals surface area contributed by atoms with Crippen LogP contribution in [0.4, 0.5) is 0 Å². The fourth-order valence-corrected chi connectivity index (χ4v) is 3.54. The lowest BCUT2D eigenvalue weighted by atomic mass is 10.2. The summed E-state index contributed by atoms with van der Waals surface area (Å²) in [5.74, 6) is 0.561. The van der Waals surface area contributed by atoms with Gasteiger partial charge in [-0.05, 0) is 17.7 Å². The molecule has 2 N–H and O–H groups in total. The summed E-state index contributed by atoms with van der Waals surface area (Å²) in [5, 5.41) is 9.36. The summed E-state index contributed by atoms with van der Waals surface area (Å²) in [6.45, 7) is -0.350. The molecule has 9 heteroatoms. The maximum Gasteiger partial charge on any atom is 0.242 e. The number of rotatable bonds is 5. The van der Waals surface area contributed by atoms with Gasteiger partial charge in [-0.1, -0.05) is 23.2 Å². The van der Waals surface area contributed by atoms with Gasteiger partial charge < -0.3 is 9.67 Å². The predicted octanol–water partition coefficient (Wildman–Crippen LogP) is 1.70. The molecule has 0 fully saturated rings. The van der Waals surface area contributed by atoms with E-state index in [1.807, 2.05) is 0 Å². The number of sulfonamides is 1. The van der Waals surface area contributed by atoms with Crippen molar-refractivity contribution in [3.05, 3.63) is 46.0 Å². The van der Waals surface area contributed by atoms with Crippen LogP contribution in [0.3, 0.4) is 0 Å². The topological polar surface area (TPSA) is 84.2 Å². The lowest BCUT2D eigenvalue weighted by Crippen LogP contribution is -2.25. The van der Waals surface area contributed by atoms with Crippen LogP contribution in [-0.4, -0.2) is 23.1 Å².